The van der Waals surface area contributed by atoms with Gasteiger partial charge in [-0.25, -0.2) is 0 Å². The molecular formula is C7H6O2S. The van der Waals surface area contributed by atoms with Crippen LogP contribution in [0.1, 0.15) is 27.8 Å². The zero-order valence-electron chi connectivity index (χ0n) is 5.20. The predicted octanol–water partition coefficient (Wildman–Crippen LogP) is 1.37. The lowest BCUT2D eigenvalue weighted by molar-refractivity contribution is 0.0932. The minimum atomic E-state index is -0.534. The molecule has 0 spiro atoms. The van der Waals surface area contributed by atoms with Gasteiger partial charge in [0.25, 0.3) is 0 Å². The summed E-state index contributed by atoms with van der Waals surface area (Å²) in [5, 5.41) is 11.1. The van der Waals surface area contributed by atoms with Crippen LogP contribution in [0.3, 0.4) is 0 Å². The molecule has 0 saturated carbocycles. The molecule has 0 saturated heterocycles. The third kappa shape index (κ3) is 0.646. The smallest absolute Gasteiger partial charge is 0.176 e. The second kappa shape index (κ2) is 1.90. The molecule has 0 radical (unpaired) electrons. The Morgan fingerprint density at radius 2 is 2.50 bits per heavy atom. The SMILES string of the molecule is O=C1CC(O)c2ccsc21. The number of aliphatic hydroxyl groups is 1. The first-order chi connectivity index (χ1) is 4.79. The number of carbonyl (C=O) groups excluding carboxylic acids is 1. The normalized spacial score (nSPS) is 23.3. The van der Waals surface area contributed by atoms with Crippen molar-refractivity contribution in [3.63, 3.8) is 0 Å². The van der Waals surface area contributed by atoms with Crippen LogP contribution in [0.15, 0.2) is 11.4 Å². The van der Waals surface area contributed by atoms with Crippen molar-refractivity contribution in [2.24, 2.45) is 0 Å². The Hall–Kier alpha value is -0.670. The summed E-state index contributed by atoms with van der Waals surface area (Å²) in [5.74, 6) is 0.0810. The molecule has 1 aliphatic carbocycles. The van der Waals surface area contributed by atoms with Crippen molar-refractivity contribution in [3.8, 4) is 0 Å². The monoisotopic (exact) mass is 154 g/mol. The van der Waals surface area contributed by atoms with Gasteiger partial charge in [0, 0.05) is 12.0 Å². The highest BCUT2D eigenvalue weighted by Gasteiger charge is 2.28. The van der Waals surface area contributed by atoms with Gasteiger partial charge in [0.1, 0.15) is 0 Å². The summed E-state index contributed by atoms with van der Waals surface area (Å²) in [6, 6.07) is 1.82. The first kappa shape index (κ1) is 6.07. The highest BCUT2D eigenvalue weighted by Crippen LogP contribution is 2.34. The van der Waals surface area contributed by atoms with E-state index in [-0.39, 0.29) is 12.2 Å². The highest BCUT2D eigenvalue weighted by atomic mass is 32.1. The van der Waals surface area contributed by atoms with Crippen LogP contribution >= 0.6 is 11.3 Å². The summed E-state index contributed by atoms with van der Waals surface area (Å²) in [7, 11) is 0. The van der Waals surface area contributed by atoms with Crippen molar-refractivity contribution in [3.05, 3.63) is 21.9 Å². The molecule has 0 bridgehead atoms. The Labute approximate surface area is 62.1 Å². The third-order valence-electron chi connectivity index (χ3n) is 1.69. The standard InChI is InChI=1S/C7H6O2S/c8-5-3-6(9)7-4(5)1-2-10-7/h1-2,5,8H,3H2. The van der Waals surface area contributed by atoms with Gasteiger partial charge in [0.15, 0.2) is 5.78 Å². The molecule has 0 amide bonds. The van der Waals surface area contributed by atoms with Crippen LogP contribution in [-0.2, 0) is 0 Å². The van der Waals surface area contributed by atoms with Gasteiger partial charge in [0.05, 0.1) is 11.0 Å². The number of ketones is 1. The number of carbonyl (C=O) groups is 1. The van der Waals surface area contributed by atoms with Crippen LogP contribution in [0.2, 0.25) is 0 Å². The van der Waals surface area contributed by atoms with Crippen LogP contribution in [0.25, 0.3) is 0 Å². The van der Waals surface area contributed by atoms with E-state index in [1.807, 2.05) is 11.4 Å². The van der Waals surface area contributed by atoms with Gasteiger partial charge >= 0.3 is 0 Å². The largest absolute Gasteiger partial charge is 0.388 e. The molecule has 1 aromatic rings. The van der Waals surface area contributed by atoms with Crippen molar-refractivity contribution in [1.29, 1.82) is 0 Å². The molecule has 0 aromatic carbocycles. The van der Waals surface area contributed by atoms with E-state index in [0.29, 0.717) is 0 Å². The van der Waals surface area contributed by atoms with Gasteiger partial charge in [-0.2, -0.15) is 0 Å². The van der Waals surface area contributed by atoms with Gasteiger partial charge in [-0.1, -0.05) is 0 Å². The van der Waals surface area contributed by atoms with E-state index in [9.17, 15) is 9.90 Å². The van der Waals surface area contributed by atoms with E-state index >= 15 is 0 Å². The van der Waals surface area contributed by atoms with Crippen LogP contribution in [-0.4, -0.2) is 10.9 Å². The Morgan fingerprint density at radius 3 is 3.20 bits per heavy atom. The second-order valence-corrected chi connectivity index (χ2v) is 3.26. The number of aliphatic hydroxyl groups excluding tert-OH is 1. The minimum absolute atomic E-state index is 0.0810. The summed E-state index contributed by atoms with van der Waals surface area (Å²) in [5.41, 5.74) is 0.815. The number of Topliss-reactive ketones (excluding diaryl/α,β-unsaturated/α-hetero) is 1. The molecule has 1 aliphatic rings. The van der Waals surface area contributed by atoms with E-state index in [1.54, 1.807) is 0 Å². The van der Waals surface area contributed by atoms with Crippen LogP contribution in [0, 0.1) is 0 Å². The molecule has 0 fully saturated rings. The third-order valence-corrected chi connectivity index (χ3v) is 2.66. The lowest BCUT2D eigenvalue weighted by Crippen LogP contribution is -1.90. The van der Waals surface area contributed by atoms with Crippen molar-refractivity contribution < 1.29 is 9.90 Å². The summed E-state index contributed by atoms with van der Waals surface area (Å²) in [4.78, 5) is 11.7. The lowest BCUT2D eigenvalue weighted by Gasteiger charge is -1.94. The van der Waals surface area contributed by atoms with E-state index in [4.69, 9.17) is 0 Å². The topological polar surface area (TPSA) is 37.3 Å². The average Bonchev–Trinajstić information content (AvgIpc) is 2.39. The van der Waals surface area contributed by atoms with Gasteiger partial charge in [-0.3, -0.25) is 4.79 Å². The molecule has 1 unspecified atom stereocenters. The van der Waals surface area contributed by atoms with Gasteiger partial charge in [-0.15, -0.1) is 11.3 Å². The fraction of sp³-hybridized carbons (Fsp3) is 0.286. The molecule has 3 heteroatoms. The van der Waals surface area contributed by atoms with Gasteiger partial charge < -0.3 is 5.11 Å². The molecule has 1 N–H and O–H groups in total. The van der Waals surface area contributed by atoms with Crippen molar-refractivity contribution in [2.45, 2.75) is 12.5 Å². The van der Waals surface area contributed by atoms with Crippen LogP contribution < -0.4 is 0 Å². The van der Waals surface area contributed by atoms with E-state index in [2.05, 4.69) is 0 Å². The van der Waals surface area contributed by atoms with Crippen LogP contribution in [0.5, 0.6) is 0 Å². The molecule has 1 atom stereocenters. The minimum Gasteiger partial charge on any atom is -0.388 e. The number of hydrogen-bond acceptors (Lipinski definition) is 3. The molecule has 0 aliphatic heterocycles. The van der Waals surface area contributed by atoms with E-state index in [1.165, 1.54) is 11.3 Å². The highest BCUT2D eigenvalue weighted by molar-refractivity contribution is 7.12. The number of rotatable bonds is 0. The molecular weight excluding hydrogens is 148 g/mol. The van der Waals surface area contributed by atoms with E-state index < -0.39 is 6.10 Å². The van der Waals surface area contributed by atoms with Gasteiger partial charge in [0.2, 0.25) is 0 Å². The molecule has 1 aromatic heterocycles. The predicted molar refractivity (Wildman–Crippen MR) is 38.2 cm³/mol. The van der Waals surface area contributed by atoms with Gasteiger partial charge in [-0.05, 0) is 11.4 Å². The fourth-order valence-electron chi connectivity index (χ4n) is 1.19. The molecule has 1 heterocycles. The number of thiophene rings is 1. The van der Waals surface area contributed by atoms with Crippen LogP contribution in [0.4, 0.5) is 0 Å². The zero-order valence-corrected chi connectivity index (χ0v) is 6.02. The maximum Gasteiger partial charge on any atom is 0.176 e. The Kier molecular flexibility index (Phi) is 1.16. The second-order valence-electron chi connectivity index (χ2n) is 2.35. The first-order valence-electron chi connectivity index (χ1n) is 3.07. The summed E-state index contributed by atoms with van der Waals surface area (Å²) < 4.78 is 0. The van der Waals surface area contributed by atoms with E-state index in [0.717, 1.165) is 10.4 Å². The maximum atomic E-state index is 11.0. The van der Waals surface area contributed by atoms with Crippen molar-refractivity contribution in [1.82, 2.24) is 0 Å². The Bertz CT molecular complexity index is 277. The molecule has 2 rings (SSSR count). The maximum absolute atomic E-state index is 11.0. The fourth-order valence-corrected chi connectivity index (χ4v) is 2.09. The lowest BCUT2D eigenvalue weighted by atomic mass is 10.2. The van der Waals surface area contributed by atoms with Crippen molar-refractivity contribution >= 4 is 17.1 Å². The first-order valence-corrected chi connectivity index (χ1v) is 3.95. The number of fused-ring (bicyclic) bond motifs is 1. The average molecular weight is 154 g/mol. The quantitative estimate of drug-likeness (QED) is 0.612. The summed E-state index contributed by atoms with van der Waals surface area (Å²) >= 11 is 1.41. The Balaban J connectivity index is 2.58. The number of hydrogen-bond donors (Lipinski definition) is 1. The summed E-state index contributed by atoms with van der Waals surface area (Å²) in [6.45, 7) is 0. The molecule has 2 nitrogen and oxygen atoms in total. The summed E-state index contributed by atoms with van der Waals surface area (Å²) in [6.07, 6.45) is -0.254. The molecule has 10 heavy (non-hydrogen) atoms. The Morgan fingerprint density at radius 1 is 1.70 bits per heavy atom. The molecule has 52 valence electrons. The van der Waals surface area contributed by atoms with Crippen molar-refractivity contribution in [2.75, 3.05) is 0 Å². The zero-order chi connectivity index (χ0) is 7.14.